The quantitative estimate of drug-likeness (QED) is 0.147. The highest BCUT2D eigenvalue weighted by molar-refractivity contribution is 6.06. The maximum absolute atomic E-state index is 6.02. The van der Waals surface area contributed by atoms with Gasteiger partial charge in [0.2, 0.25) is 11.8 Å². The Balaban J connectivity index is 0.000000112. The van der Waals surface area contributed by atoms with Crippen LogP contribution in [0.4, 0.5) is 17.4 Å². The summed E-state index contributed by atoms with van der Waals surface area (Å²) in [4.78, 5) is 20.7. The van der Waals surface area contributed by atoms with Crippen molar-refractivity contribution in [2.75, 3.05) is 4.90 Å². The third-order valence-electron chi connectivity index (χ3n) is 17.5. The van der Waals surface area contributed by atoms with Gasteiger partial charge in [-0.25, -0.2) is 15.0 Å². The summed E-state index contributed by atoms with van der Waals surface area (Å²) in [6, 6.07) is 101. The molecule has 5 heterocycles. The maximum atomic E-state index is 6.02. The number of anilines is 3. The molecular weight excluding hydrogens is 1210 g/mol. The molecule has 0 unspecified atom stereocenters. The highest BCUT2D eigenvalue weighted by Crippen LogP contribution is 2.39. The van der Waals surface area contributed by atoms with Gasteiger partial charge < -0.3 is 17.7 Å². The van der Waals surface area contributed by atoms with Gasteiger partial charge in [0.15, 0.2) is 16.7 Å². The van der Waals surface area contributed by atoms with Crippen molar-refractivity contribution in [3.8, 4) is 51.1 Å². The molecule has 0 aliphatic carbocycles. The molecule has 98 heavy (non-hydrogen) atoms. The molecule has 17 aromatic rings. The number of nitrogens with zero attached hydrogens (tertiary/aromatic N) is 6. The largest absolute Gasteiger partial charge is 0.456 e. The molecule has 10 heteroatoms. The van der Waals surface area contributed by atoms with E-state index in [2.05, 4.69) is 221 Å². The molecule has 482 valence electrons. The van der Waals surface area contributed by atoms with E-state index in [1.54, 1.807) is 0 Å². The van der Waals surface area contributed by atoms with E-state index < -0.39 is 0 Å². The monoisotopic (exact) mass is 1280 g/mol. The molecule has 0 spiro atoms. The number of hydrogen-bond acceptors (Lipinski definition) is 9. The summed E-state index contributed by atoms with van der Waals surface area (Å²) < 4.78 is 26.0. The standard InChI is InChI=1S/C23H22N2.C23H19NO2.C23H21NO.C19H14N2O/c1-23(2,3)18-15-13-17(14-16-18)22-24-20-11-7-8-12-21(20)25(22)19-9-5-4-6-10-19;1-23(2,3)15-9-11-20-17(13-15)16-12-14(8-10-19(16)25-20)22-24-18-6-4-5-7-21(18)26-22;1-23(2,3)19-14-12-17(13-15-19)16-8-10-18(11-9-16)22-24-20-6-4-5-7-21(20)25-22;1-3-9-15(10-4-1)21(16-11-5-2-6-12-16)19-20-17-13-7-8-14-18(17)22-19/h4-16H,1-3H3;4-13H,1-3H3;4-15H,1-3H3;1-14H. The first-order chi connectivity index (χ1) is 47.4. The summed E-state index contributed by atoms with van der Waals surface area (Å²) >= 11 is 0. The minimum atomic E-state index is 0.0929. The molecule has 5 aromatic heterocycles. The summed E-state index contributed by atoms with van der Waals surface area (Å²) in [5, 5.41) is 2.22. The third kappa shape index (κ3) is 13.7. The molecular formula is C88H76N6O4. The van der Waals surface area contributed by atoms with Crippen molar-refractivity contribution >= 4 is 83.7 Å². The number of rotatable bonds is 8. The SMILES string of the molecule is CC(C)(C)c1ccc(-c2ccc(-c3nc4ccccc4o3)cc2)cc1.CC(C)(C)c1ccc(-c2nc3ccccc3n2-c2ccccc2)cc1.CC(C)(C)c1ccc2oc3ccc(-c4nc5ccccc5o4)cc3c2c1.c1ccc(N(c2ccccc2)c2nc3ccccc3o2)cc1. The normalized spacial score (nSPS) is 11.7. The van der Waals surface area contributed by atoms with Crippen LogP contribution in [0.2, 0.25) is 0 Å². The van der Waals surface area contributed by atoms with Crippen molar-refractivity contribution in [1.29, 1.82) is 0 Å². The van der Waals surface area contributed by atoms with Crippen molar-refractivity contribution in [2.45, 2.75) is 78.6 Å². The first-order valence-electron chi connectivity index (χ1n) is 33.2. The first kappa shape index (κ1) is 63.5. The van der Waals surface area contributed by atoms with E-state index in [0.717, 1.165) is 106 Å². The van der Waals surface area contributed by atoms with Gasteiger partial charge in [0.25, 0.3) is 0 Å². The zero-order valence-electron chi connectivity index (χ0n) is 56.6. The van der Waals surface area contributed by atoms with Crippen LogP contribution < -0.4 is 4.90 Å². The van der Waals surface area contributed by atoms with E-state index >= 15 is 0 Å². The molecule has 10 nitrogen and oxygen atoms in total. The molecule has 0 amide bonds. The lowest BCUT2D eigenvalue weighted by Crippen LogP contribution is -2.10. The molecule has 0 fully saturated rings. The summed E-state index contributed by atoms with van der Waals surface area (Å²) in [6.45, 7) is 20.1. The van der Waals surface area contributed by atoms with Crippen LogP contribution >= 0.6 is 0 Å². The molecule has 12 aromatic carbocycles. The van der Waals surface area contributed by atoms with Gasteiger partial charge in [-0.1, -0.05) is 232 Å². The average Bonchev–Trinajstić information content (AvgIpc) is 1.62. The third-order valence-corrected chi connectivity index (χ3v) is 17.5. The Hall–Kier alpha value is -11.9. The Kier molecular flexibility index (Phi) is 17.3. The van der Waals surface area contributed by atoms with Gasteiger partial charge in [-0.3, -0.25) is 9.47 Å². The lowest BCUT2D eigenvalue weighted by molar-refractivity contribution is 0.590. The zero-order valence-corrected chi connectivity index (χ0v) is 56.6. The Labute approximate surface area is 571 Å². The van der Waals surface area contributed by atoms with Crippen molar-refractivity contribution < 1.29 is 17.7 Å². The van der Waals surface area contributed by atoms with Crippen LogP contribution in [-0.2, 0) is 16.2 Å². The number of oxazole rings is 3. The minimum Gasteiger partial charge on any atom is -0.456 e. The molecule has 0 aliphatic rings. The average molecular weight is 1280 g/mol. The molecule has 0 aliphatic heterocycles. The van der Waals surface area contributed by atoms with Crippen LogP contribution in [0.5, 0.6) is 0 Å². The van der Waals surface area contributed by atoms with E-state index in [0.29, 0.717) is 17.8 Å². The molecule has 0 saturated carbocycles. The van der Waals surface area contributed by atoms with Gasteiger partial charge in [0, 0.05) is 33.2 Å². The van der Waals surface area contributed by atoms with Gasteiger partial charge in [0.05, 0.1) is 22.4 Å². The number of aromatic nitrogens is 5. The fourth-order valence-electron chi connectivity index (χ4n) is 12.0. The van der Waals surface area contributed by atoms with Gasteiger partial charge >= 0.3 is 6.01 Å². The fourth-order valence-corrected chi connectivity index (χ4v) is 12.0. The predicted octanol–water partition coefficient (Wildman–Crippen LogP) is 24.4. The van der Waals surface area contributed by atoms with Crippen LogP contribution in [0.15, 0.2) is 315 Å². The second-order valence-corrected chi connectivity index (χ2v) is 27.5. The van der Waals surface area contributed by atoms with E-state index in [1.165, 1.54) is 27.8 Å². The lowest BCUT2D eigenvalue weighted by atomic mass is 9.86. The number of fused-ring (bicyclic) bond motifs is 7. The van der Waals surface area contributed by atoms with Gasteiger partial charge in [0.1, 0.15) is 33.5 Å². The van der Waals surface area contributed by atoms with E-state index in [4.69, 9.17) is 22.7 Å². The maximum Gasteiger partial charge on any atom is 0.307 e. The molecule has 0 N–H and O–H groups in total. The van der Waals surface area contributed by atoms with Crippen molar-refractivity contribution in [3.05, 3.63) is 314 Å². The Bertz CT molecular complexity index is 5410. The smallest absolute Gasteiger partial charge is 0.307 e. The Morgan fingerprint density at radius 3 is 1.18 bits per heavy atom. The van der Waals surface area contributed by atoms with E-state index in [-0.39, 0.29) is 16.2 Å². The second kappa shape index (κ2) is 26.7. The summed E-state index contributed by atoms with van der Waals surface area (Å²) in [5.74, 6) is 2.28. The number of furan rings is 1. The topological polar surface area (TPSA) is 112 Å². The molecule has 0 atom stereocenters. The molecule has 0 saturated heterocycles. The lowest BCUT2D eigenvalue weighted by Gasteiger charge is -2.20. The van der Waals surface area contributed by atoms with Gasteiger partial charge in [-0.15, -0.1) is 0 Å². The van der Waals surface area contributed by atoms with E-state index in [1.807, 2.05) is 163 Å². The molecule has 0 radical (unpaired) electrons. The van der Waals surface area contributed by atoms with Crippen LogP contribution in [0.3, 0.4) is 0 Å². The van der Waals surface area contributed by atoms with Crippen molar-refractivity contribution in [3.63, 3.8) is 0 Å². The van der Waals surface area contributed by atoms with Crippen molar-refractivity contribution in [2.24, 2.45) is 0 Å². The highest BCUT2D eigenvalue weighted by atomic mass is 16.4. The van der Waals surface area contributed by atoms with Gasteiger partial charge in [-0.05, 0) is 171 Å². The van der Waals surface area contributed by atoms with Crippen molar-refractivity contribution in [1.82, 2.24) is 24.5 Å². The number of benzene rings is 12. The predicted molar refractivity (Wildman–Crippen MR) is 403 cm³/mol. The first-order valence-corrected chi connectivity index (χ1v) is 33.2. The number of para-hydroxylation sites is 11. The fraction of sp³-hybridized carbons (Fsp3) is 0.136. The van der Waals surface area contributed by atoms with E-state index in [9.17, 15) is 0 Å². The van der Waals surface area contributed by atoms with Crippen LogP contribution in [0, 0.1) is 0 Å². The highest BCUT2D eigenvalue weighted by Gasteiger charge is 2.22. The minimum absolute atomic E-state index is 0.0929. The van der Waals surface area contributed by atoms with Crippen LogP contribution in [0.25, 0.3) is 117 Å². The van der Waals surface area contributed by atoms with Crippen LogP contribution in [-0.4, -0.2) is 24.5 Å². The number of hydrogen-bond donors (Lipinski definition) is 0. The summed E-state index contributed by atoms with van der Waals surface area (Å²) in [5.41, 5.74) is 22.0. The molecule has 0 bridgehead atoms. The second-order valence-electron chi connectivity index (χ2n) is 27.5. The summed E-state index contributed by atoms with van der Waals surface area (Å²) in [6.07, 6.45) is 0. The molecule has 17 rings (SSSR count). The number of imidazole rings is 1. The Morgan fingerprint density at radius 2 is 0.673 bits per heavy atom. The Morgan fingerprint density at radius 1 is 0.286 bits per heavy atom. The van der Waals surface area contributed by atoms with Gasteiger partial charge in [-0.2, -0.15) is 4.98 Å². The summed E-state index contributed by atoms with van der Waals surface area (Å²) in [7, 11) is 0. The zero-order chi connectivity index (χ0) is 67.5. The van der Waals surface area contributed by atoms with Crippen LogP contribution in [0.1, 0.15) is 79.0 Å².